The molecule has 0 unspecified atom stereocenters. The van der Waals surface area contributed by atoms with Gasteiger partial charge in [0.15, 0.2) is 0 Å². The molecule has 0 saturated carbocycles. The average Bonchev–Trinajstić information content (AvgIpc) is 2.48. The van der Waals surface area contributed by atoms with Crippen molar-refractivity contribution in [3.63, 3.8) is 0 Å². The number of hydrogen-bond donors (Lipinski definition) is 2. The quantitative estimate of drug-likeness (QED) is 0.802. The molecule has 0 amide bonds. The lowest BCUT2D eigenvalue weighted by Gasteiger charge is -2.32. The average molecular weight is 276 g/mol. The van der Waals surface area contributed by atoms with E-state index in [1.165, 1.54) is 38.9 Å². The van der Waals surface area contributed by atoms with Gasteiger partial charge in [-0.05, 0) is 44.4 Å². The minimum Gasteiger partial charge on any atom is -0.370 e. The summed E-state index contributed by atoms with van der Waals surface area (Å²) in [5.41, 5.74) is 0. The van der Waals surface area contributed by atoms with Crippen molar-refractivity contribution in [2.24, 2.45) is 0 Å². The summed E-state index contributed by atoms with van der Waals surface area (Å²) in [6, 6.07) is 6.73. The molecule has 1 aliphatic heterocycles. The zero-order valence-electron chi connectivity index (χ0n) is 12.9. The number of nitrogens with zero attached hydrogens (tertiary/aromatic N) is 2. The fourth-order valence-corrected chi connectivity index (χ4v) is 2.69. The second-order valence-electron chi connectivity index (χ2n) is 5.60. The minimum atomic E-state index is 0.567. The van der Waals surface area contributed by atoms with Gasteiger partial charge in [-0.2, -0.15) is 0 Å². The van der Waals surface area contributed by atoms with E-state index in [1.54, 1.807) is 0 Å². The van der Waals surface area contributed by atoms with Crippen LogP contribution in [0, 0.1) is 0 Å². The molecule has 0 aromatic carbocycles. The van der Waals surface area contributed by atoms with E-state index < -0.39 is 0 Å². The maximum atomic E-state index is 4.62. The van der Waals surface area contributed by atoms with Crippen molar-refractivity contribution in [2.75, 3.05) is 36.8 Å². The van der Waals surface area contributed by atoms with Gasteiger partial charge in [-0.1, -0.05) is 19.9 Å². The van der Waals surface area contributed by atoms with Gasteiger partial charge in [-0.15, -0.1) is 0 Å². The van der Waals surface area contributed by atoms with Crippen LogP contribution >= 0.6 is 0 Å². The standard InChI is InChI=1S/C16H28N4/c1-3-10-17-15-6-5-7-16(19-15)18-14-8-12-20(11-4-2)13-9-14/h5-7,14H,3-4,8-13H2,1-2H3,(H2,17,18,19). The molecular weight excluding hydrogens is 248 g/mol. The van der Waals surface area contributed by atoms with Crippen LogP contribution in [0.4, 0.5) is 11.6 Å². The number of aromatic nitrogens is 1. The highest BCUT2D eigenvalue weighted by molar-refractivity contribution is 5.45. The molecule has 20 heavy (non-hydrogen) atoms. The molecule has 4 heteroatoms. The van der Waals surface area contributed by atoms with Crippen LogP contribution in [0.5, 0.6) is 0 Å². The van der Waals surface area contributed by atoms with E-state index in [9.17, 15) is 0 Å². The smallest absolute Gasteiger partial charge is 0.128 e. The molecule has 0 radical (unpaired) electrons. The highest BCUT2D eigenvalue weighted by Gasteiger charge is 2.18. The third kappa shape index (κ3) is 4.67. The molecule has 1 fully saturated rings. The summed E-state index contributed by atoms with van der Waals surface area (Å²) >= 11 is 0. The molecule has 1 aromatic rings. The summed E-state index contributed by atoms with van der Waals surface area (Å²) in [5.74, 6) is 1.97. The Bertz CT molecular complexity index is 386. The Morgan fingerprint density at radius 3 is 2.60 bits per heavy atom. The molecule has 0 aliphatic carbocycles. The second-order valence-corrected chi connectivity index (χ2v) is 5.60. The molecule has 2 N–H and O–H groups in total. The Kier molecular flexibility index (Phi) is 6.12. The number of rotatable bonds is 7. The van der Waals surface area contributed by atoms with Crippen LogP contribution in [0.15, 0.2) is 18.2 Å². The summed E-state index contributed by atoms with van der Waals surface area (Å²) in [6.45, 7) is 9.05. The normalized spacial score (nSPS) is 17.1. The zero-order valence-corrected chi connectivity index (χ0v) is 12.9. The Labute approximate surface area is 123 Å². The van der Waals surface area contributed by atoms with Crippen LogP contribution < -0.4 is 10.6 Å². The van der Waals surface area contributed by atoms with Crippen LogP contribution in [-0.4, -0.2) is 42.1 Å². The number of nitrogens with one attached hydrogen (secondary N) is 2. The van der Waals surface area contributed by atoms with Crippen molar-refractivity contribution < 1.29 is 0 Å². The highest BCUT2D eigenvalue weighted by Crippen LogP contribution is 2.16. The zero-order chi connectivity index (χ0) is 14.2. The van der Waals surface area contributed by atoms with Gasteiger partial charge >= 0.3 is 0 Å². The van der Waals surface area contributed by atoms with Crippen molar-refractivity contribution in [2.45, 2.75) is 45.6 Å². The van der Waals surface area contributed by atoms with E-state index in [4.69, 9.17) is 0 Å². The van der Waals surface area contributed by atoms with Gasteiger partial charge in [0.05, 0.1) is 0 Å². The molecule has 0 spiro atoms. The Balaban J connectivity index is 1.81. The van der Waals surface area contributed by atoms with Gasteiger partial charge < -0.3 is 15.5 Å². The van der Waals surface area contributed by atoms with Gasteiger partial charge in [0.1, 0.15) is 11.6 Å². The lowest BCUT2D eigenvalue weighted by molar-refractivity contribution is 0.219. The number of pyridine rings is 1. The molecule has 2 rings (SSSR count). The van der Waals surface area contributed by atoms with E-state index in [1.807, 2.05) is 6.07 Å². The van der Waals surface area contributed by atoms with E-state index in [0.717, 1.165) is 24.6 Å². The lowest BCUT2D eigenvalue weighted by atomic mass is 10.0. The lowest BCUT2D eigenvalue weighted by Crippen LogP contribution is -2.39. The van der Waals surface area contributed by atoms with E-state index in [0.29, 0.717) is 6.04 Å². The van der Waals surface area contributed by atoms with Crippen molar-refractivity contribution in [3.05, 3.63) is 18.2 Å². The summed E-state index contributed by atoms with van der Waals surface area (Å²) in [6.07, 6.45) is 4.81. The number of likely N-dealkylation sites (tertiary alicyclic amines) is 1. The van der Waals surface area contributed by atoms with Crippen molar-refractivity contribution in [1.29, 1.82) is 0 Å². The third-order valence-corrected chi connectivity index (χ3v) is 3.78. The summed E-state index contributed by atoms with van der Waals surface area (Å²) in [4.78, 5) is 7.18. The predicted octanol–water partition coefficient (Wildman–Crippen LogP) is 3.19. The molecule has 1 aromatic heterocycles. The van der Waals surface area contributed by atoms with Crippen LogP contribution in [0.3, 0.4) is 0 Å². The van der Waals surface area contributed by atoms with E-state index in [-0.39, 0.29) is 0 Å². The first-order valence-corrected chi connectivity index (χ1v) is 8.01. The monoisotopic (exact) mass is 276 g/mol. The van der Waals surface area contributed by atoms with Crippen LogP contribution in [0.1, 0.15) is 39.5 Å². The molecule has 112 valence electrons. The molecule has 4 nitrogen and oxygen atoms in total. The molecule has 2 heterocycles. The van der Waals surface area contributed by atoms with Gasteiger partial charge in [-0.25, -0.2) is 4.98 Å². The highest BCUT2D eigenvalue weighted by atomic mass is 15.1. The van der Waals surface area contributed by atoms with Crippen molar-refractivity contribution in [3.8, 4) is 0 Å². The van der Waals surface area contributed by atoms with Gasteiger partial charge in [0.25, 0.3) is 0 Å². The van der Waals surface area contributed by atoms with Crippen LogP contribution in [-0.2, 0) is 0 Å². The molecule has 0 bridgehead atoms. The SMILES string of the molecule is CCCNc1cccc(NC2CCN(CCC)CC2)n1. The fraction of sp³-hybridized carbons (Fsp3) is 0.688. The number of anilines is 2. The third-order valence-electron chi connectivity index (χ3n) is 3.78. The predicted molar refractivity (Wildman–Crippen MR) is 86.4 cm³/mol. The first-order chi connectivity index (χ1) is 9.81. The van der Waals surface area contributed by atoms with E-state index >= 15 is 0 Å². The van der Waals surface area contributed by atoms with Crippen molar-refractivity contribution in [1.82, 2.24) is 9.88 Å². The summed E-state index contributed by atoms with van der Waals surface area (Å²) in [7, 11) is 0. The second kappa shape index (κ2) is 8.10. The molecule has 1 saturated heterocycles. The summed E-state index contributed by atoms with van der Waals surface area (Å²) < 4.78 is 0. The molecule has 0 atom stereocenters. The van der Waals surface area contributed by atoms with Crippen LogP contribution in [0.25, 0.3) is 0 Å². The van der Waals surface area contributed by atoms with Gasteiger partial charge in [0, 0.05) is 25.7 Å². The number of hydrogen-bond acceptors (Lipinski definition) is 4. The minimum absolute atomic E-state index is 0.567. The largest absolute Gasteiger partial charge is 0.370 e. The molecule has 1 aliphatic rings. The first-order valence-electron chi connectivity index (χ1n) is 8.01. The Morgan fingerprint density at radius 2 is 1.90 bits per heavy atom. The van der Waals surface area contributed by atoms with E-state index in [2.05, 4.69) is 46.5 Å². The Morgan fingerprint density at radius 1 is 1.15 bits per heavy atom. The number of piperidine rings is 1. The maximum Gasteiger partial charge on any atom is 0.128 e. The molecular formula is C16H28N4. The first kappa shape index (κ1) is 15.1. The summed E-state index contributed by atoms with van der Waals surface area (Å²) in [5, 5.41) is 6.92. The van der Waals surface area contributed by atoms with Gasteiger partial charge in [0.2, 0.25) is 0 Å². The topological polar surface area (TPSA) is 40.2 Å². The Hall–Kier alpha value is -1.29. The van der Waals surface area contributed by atoms with Crippen molar-refractivity contribution >= 4 is 11.6 Å². The maximum absolute atomic E-state index is 4.62. The fourth-order valence-electron chi connectivity index (χ4n) is 2.69. The van der Waals surface area contributed by atoms with Gasteiger partial charge in [-0.3, -0.25) is 0 Å². The van der Waals surface area contributed by atoms with Crippen LogP contribution in [0.2, 0.25) is 0 Å².